The minimum absolute atomic E-state index is 0.154. The maximum atomic E-state index is 12.8. The molecule has 6 heteroatoms. The second kappa shape index (κ2) is 7.14. The number of hydrogen-bond acceptors (Lipinski definition) is 4. The van der Waals surface area contributed by atoms with Crippen molar-refractivity contribution >= 4 is 16.9 Å². The molecule has 6 nitrogen and oxygen atoms in total. The standard InChI is InChI=1S/C20H17N5O/c26-20(16-7-8-17-18(13-16)22-11-10-21-17)24-19(14-25-12-4-9-23-25)15-5-2-1-3-6-15/h1-13,19H,14H2,(H,24,26)/t19-/m1/s1. The van der Waals surface area contributed by atoms with Crippen LogP contribution in [0.15, 0.2) is 79.4 Å². The molecular weight excluding hydrogens is 326 g/mol. The number of carbonyl (C=O) groups is 1. The fourth-order valence-corrected chi connectivity index (χ4v) is 2.86. The molecule has 0 fully saturated rings. The van der Waals surface area contributed by atoms with Gasteiger partial charge in [0, 0.05) is 30.4 Å². The van der Waals surface area contributed by atoms with E-state index in [9.17, 15) is 4.79 Å². The Kier molecular flexibility index (Phi) is 4.38. The van der Waals surface area contributed by atoms with E-state index in [0.29, 0.717) is 17.6 Å². The summed E-state index contributed by atoms with van der Waals surface area (Å²) in [5.74, 6) is -0.154. The zero-order valence-corrected chi connectivity index (χ0v) is 14.0. The van der Waals surface area contributed by atoms with Gasteiger partial charge in [-0.15, -0.1) is 0 Å². The van der Waals surface area contributed by atoms with E-state index in [1.165, 1.54) is 0 Å². The van der Waals surface area contributed by atoms with E-state index in [1.807, 2.05) is 53.3 Å². The fraction of sp³-hybridized carbons (Fsp3) is 0.100. The molecule has 128 valence electrons. The highest BCUT2D eigenvalue weighted by Crippen LogP contribution is 2.17. The van der Waals surface area contributed by atoms with Crippen molar-refractivity contribution in [2.45, 2.75) is 12.6 Å². The first-order valence-electron chi connectivity index (χ1n) is 8.33. The lowest BCUT2D eigenvalue weighted by Gasteiger charge is -2.19. The first kappa shape index (κ1) is 16.0. The first-order chi connectivity index (χ1) is 12.8. The van der Waals surface area contributed by atoms with Crippen molar-refractivity contribution in [3.8, 4) is 0 Å². The summed E-state index contributed by atoms with van der Waals surface area (Å²) in [5.41, 5.74) is 3.04. The number of fused-ring (bicyclic) bond motifs is 1. The van der Waals surface area contributed by atoms with Crippen LogP contribution in [0.3, 0.4) is 0 Å². The van der Waals surface area contributed by atoms with E-state index >= 15 is 0 Å². The predicted octanol–water partition coefficient (Wildman–Crippen LogP) is 3.00. The number of carbonyl (C=O) groups excluding carboxylic acids is 1. The van der Waals surface area contributed by atoms with Gasteiger partial charge in [-0.05, 0) is 29.8 Å². The van der Waals surface area contributed by atoms with Gasteiger partial charge in [-0.1, -0.05) is 30.3 Å². The van der Waals surface area contributed by atoms with Gasteiger partial charge in [-0.2, -0.15) is 5.10 Å². The molecule has 1 amide bonds. The molecule has 4 aromatic rings. The highest BCUT2D eigenvalue weighted by Gasteiger charge is 2.17. The Hall–Kier alpha value is -3.54. The zero-order chi connectivity index (χ0) is 17.8. The molecule has 1 atom stereocenters. The van der Waals surface area contributed by atoms with Crippen molar-refractivity contribution in [1.82, 2.24) is 25.1 Å². The number of hydrogen-bond donors (Lipinski definition) is 1. The van der Waals surface area contributed by atoms with Gasteiger partial charge in [0.2, 0.25) is 0 Å². The Labute approximate surface area is 150 Å². The fourth-order valence-electron chi connectivity index (χ4n) is 2.86. The van der Waals surface area contributed by atoms with Crippen molar-refractivity contribution in [1.29, 1.82) is 0 Å². The molecule has 0 saturated heterocycles. The molecule has 0 aliphatic heterocycles. The van der Waals surface area contributed by atoms with Gasteiger partial charge in [-0.25, -0.2) is 0 Å². The number of rotatable bonds is 5. The number of amides is 1. The molecule has 0 saturated carbocycles. The van der Waals surface area contributed by atoms with Crippen LogP contribution in [0.1, 0.15) is 22.0 Å². The van der Waals surface area contributed by atoms with E-state index in [2.05, 4.69) is 20.4 Å². The number of aromatic nitrogens is 4. The van der Waals surface area contributed by atoms with E-state index < -0.39 is 0 Å². The van der Waals surface area contributed by atoms with Crippen LogP contribution in [0.5, 0.6) is 0 Å². The molecule has 0 unspecified atom stereocenters. The molecule has 0 radical (unpaired) electrons. The smallest absolute Gasteiger partial charge is 0.251 e. The van der Waals surface area contributed by atoms with Crippen molar-refractivity contribution in [2.75, 3.05) is 0 Å². The summed E-state index contributed by atoms with van der Waals surface area (Å²) in [7, 11) is 0. The van der Waals surface area contributed by atoms with Gasteiger partial charge in [-0.3, -0.25) is 19.4 Å². The molecule has 0 aliphatic rings. The van der Waals surface area contributed by atoms with Gasteiger partial charge < -0.3 is 5.32 Å². The number of benzene rings is 2. The largest absolute Gasteiger partial charge is 0.343 e. The lowest BCUT2D eigenvalue weighted by Crippen LogP contribution is -2.31. The molecule has 2 aromatic carbocycles. The molecule has 0 bridgehead atoms. The summed E-state index contributed by atoms with van der Waals surface area (Å²) >= 11 is 0. The number of nitrogens with one attached hydrogen (secondary N) is 1. The van der Waals surface area contributed by atoms with Crippen LogP contribution >= 0.6 is 0 Å². The zero-order valence-electron chi connectivity index (χ0n) is 14.0. The quantitative estimate of drug-likeness (QED) is 0.605. The average molecular weight is 343 g/mol. The summed E-state index contributed by atoms with van der Waals surface area (Å²) in [4.78, 5) is 21.3. The SMILES string of the molecule is O=C(N[C@H](Cn1cccn1)c1ccccc1)c1ccc2nccnc2c1. The van der Waals surface area contributed by atoms with Crippen molar-refractivity contribution in [2.24, 2.45) is 0 Å². The Morgan fingerprint density at radius 3 is 2.54 bits per heavy atom. The predicted molar refractivity (Wildman–Crippen MR) is 98.4 cm³/mol. The van der Waals surface area contributed by atoms with Crippen LogP contribution in [-0.2, 0) is 6.54 Å². The Balaban J connectivity index is 1.60. The van der Waals surface area contributed by atoms with E-state index in [4.69, 9.17) is 0 Å². The molecule has 2 heterocycles. The lowest BCUT2D eigenvalue weighted by molar-refractivity contribution is 0.0932. The third-order valence-electron chi connectivity index (χ3n) is 4.17. The first-order valence-corrected chi connectivity index (χ1v) is 8.33. The van der Waals surface area contributed by atoms with Crippen molar-refractivity contribution in [3.05, 3.63) is 90.5 Å². The van der Waals surface area contributed by atoms with Crippen LogP contribution < -0.4 is 5.32 Å². The minimum atomic E-state index is -0.193. The van der Waals surface area contributed by atoms with Crippen LogP contribution in [-0.4, -0.2) is 25.7 Å². The second-order valence-electron chi connectivity index (χ2n) is 5.92. The maximum absolute atomic E-state index is 12.8. The maximum Gasteiger partial charge on any atom is 0.251 e. The molecule has 1 N–H and O–H groups in total. The second-order valence-corrected chi connectivity index (χ2v) is 5.92. The molecule has 4 rings (SSSR count). The molecule has 2 aromatic heterocycles. The van der Waals surface area contributed by atoms with Crippen LogP contribution in [0, 0.1) is 0 Å². The van der Waals surface area contributed by atoms with Crippen LogP contribution in [0.2, 0.25) is 0 Å². The van der Waals surface area contributed by atoms with Crippen LogP contribution in [0.25, 0.3) is 11.0 Å². The Bertz CT molecular complexity index is 1010. The van der Waals surface area contributed by atoms with Gasteiger partial charge in [0.15, 0.2) is 0 Å². The summed E-state index contributed by atoms with van der Waals surface area (Å²) in [6.45, 7) is 0.552. The molecule has 0 aliphatic carbocycles. The van der Waals surface area contributed by atoms with E-state index in [1.54, 1.807) is 30.7 Å². The third-order valence-corrected chi connectivity index (χ3v) is 4.17. The van der Waals surface area contributed by atoms with E-state index in [0.717, 1.165) is 11.1 Å². The highest BCUT2D eigenvalue weighted by molar-refractivity contribution is 5.97. The minimum Gasteiger partial charge on any atom is -0.343 e. The monoisotopic (exact) mass is 343 g/mol. The number of nitrogens with zero attached hydrogens (tertiary/aromatic N) is 4. The average Bonchev–Trinajstić information content (AvgIpc) is 3.21. The Morgan fingerprint density at radius 2 is 1.77 bits per heavy atom. The molecular formula is C20H17N5O. The van der Waals surface area contributed by atoms with Gasteiger partial charge in [0.05, 0.1) is 23.6 Å². The summed E-state index contributed by atoms with van der Waals surface area (Å²) in [6.07, 6.45) is 6.87. The normalized spacial score (nSPS) is 12.0. The van der Waals surface area contributed by atoms with Crippen LogP contribution in [0.4, 0.5) is 0 Å². The third kappa shape index (κ3) is 3.44. The summed E-state index contributed by atoms with van der Waals surface area (Å²) < 4.78 is 1.81. The molecule has 26 heavy (non-hydrogen) atoms. The molecule has 0 spiro atoms. The van der Waals surface area contributed by atoms with E-state index in [-0.39, 0.29) is 11.9 Å². The lowest BCUT2D eigenvalue weighted by atomic mass is 10.1. The Morgan fingerprint density at radius 1 is 0.962 bits per heavy atom. The van der Waals surface area contributed by atoms with Gasteiger partial charge in [0.1, 0.15) is 0 Å². The van der Waals surface area contributed by atoms with Crippen molar-refractivity contribution < 1.29 is 4.79 Å². The van der Waals surface area contributed by atoms with Gasteiger partial charge in [0.25, 0.3) is 5.91 Å². The summed E-state index contributed by atoms with van der Waals surface area (Å²) in [6, 6.07) is 16.9. The van der Waals surface area contributed by atoms with Crippen molar-refractivity contribution in [3.63, 3.8) is 0 Å². The van der Waals surface area contributed by atoms with Gasteiger partial charge >= 0.3 is 0 Å². The topological polar surface area (TPSA) is 72.7 Å². The highest BCUT2D eigenvalue weighted by atomic mass is 16.1. The summed E-state index contributed by atoms with van der Waals surface area (Å²) in [5, 5.41) is 7.35.